The van der Waals surface area contributed by atoms with Gasteiger partial charge in [-0.3, -0.25) is 0 Å². The van der Waals surface area contributed by atoms with Crippen molar-refractivity contribution in [2.24, 2.45) is 0 Å². The highest BCUT2D eigenvalue weighted by atomic mass is 16.5. The number of carbonyl (C=O) groups is 1. The lowest BCUT2D eigenvalue weighted by Crippen LogP contribution is -2.26. The molecule has 4 rings (SSSR count). The van der Waals surface area contributed by atoms with Crippen LogP contribution in [0, 0.1) is 0 Å². The third-order valence-corrected chi connectivity index (χ3v) is 4.64. The zero-order chi connectivity index (χ0) is 19.5. The number of hydrogen-bond donors (Lipinski definition) is 2. The van der Waals surface area contributed by atoms with Crippen molar-refractivity contribution >= 4 is 23.0 Å². The summed E-state index contributed by atoms with van der Waals surface area (Å²) in [5.41, 5.74) is 8.56. The van der Waals surface area contributed by atoms with Gasteiger partial charge >= 0.3 is 5.97 Å². The number of carboxylic acids is 1. The van der Waals surface area contributed by atoms with Crippen LogP contribution in [-0.2, 0) is 4.74 Å². The van der Waals surface area contributed by atoms with Crippen molar-refractivity contribution in [2.75, 3.05) is 18.9 Å². The van der Waals surface area contributed by atoms with E-state index in [0.717, 1.165) is 31.4 Å². The summed E-state index contributed by atoms with van der Waals surface area (Å²) in [6.45, 7) is 1.13. The van der Waals surface area contributed by atoms with Crippen LogP contribution in [0.2, 0.25) is 0 Å². The first-order valence-corrected chi connectivity index (χ1v) is 9.12. The molecule has 8 nitrogen and oxygen atoms in total. The maximum atomic E-state index is 11.0. The van der Waals surface area contributed by atoms with Crippen molar-refractivity contribution in [3.05, 3.63) is 42.0 Å². The highest BCUT2D eigenvalue weighted by Crippen LogP contribution is 2.26. The minimum Gasteiger partial charge on any atom is -0.478 e. The molecule has 0 saturated carbocycles. The summed E-state index contributed by atoms with van der Waals surface area (Å²) in [6.07, 6.45) is 3.18. The van der Waals surface area contributed by atoms with Gasteiger partial charge in [-0.15, -0.1) is 0 Å². The number of aromatic nitrogens is 3. The zero-order valence-electron chi connectivity index (χ0n) is 15.2. The molecule has 1 unspecified atom stereocenters. The number of fused-ring (bicyclic) bond motifs is 1. The summed E-state index contributed by atoms with van der Waals surface area (Å²) in [5.74, 6) is -0.532. The maximum absolute atomic E-state index is 11.0. The molecule has 1 fully saturated rings. The van der Waals surface area contributed by atoms with Gasteiger partial charge in [-0.1, -0.05) is 12.1 Å². The Morgan fingerprint density at radius 1 is 1.14 bits per heavy atom. The fraction of sp³-hybridized carbons (Fsp3) is 0.300. The predicted molar refractivity (Wildman–Crippen MR) is 103 cm³/mol. The molecule has 3 heterocycles. The standard InChI is InChI=1S/C20H20N4O4/c21-20-23-16-9-8-15(12-4-6-13(7-5-12)19(25)26)22-17(16)18(24-20)28-11-14-3-1-2-10-27-14/h4-9,14H,1-3,10-11H2,(H,25,26)(H2,21,23,24). The van der Waals surface area contributed by atoms with Crippen LogP contribution in [0.4, 0.5) is 5.95 Å². The summed E-state index contributed by atoms with van der Waals surface area (Å²) in [4.78, 5) is 24.1. The number of benzene rings is 1. The molecule has 8 heteroatoms. The van der Waals surface area contributed by atoms with Crippen LogP contribution in [0.1, 0.15) is 29.6 Å². The number of pyridine rings is 1. The third-order valence-electron chi connectivity index (χ3n) is 4.64. The molecule has 2 aromatic heterocycles. The molecule has 1 atom stereocenters. The first kappa shape index (κ1) is 18.1. The predicted octanol–water partition coefficient (Wildman–Crippen LogP) is 2.92. The molecule has 0 bridgehead atoms. The van der Waals surface area contributed by atoms with E-state index in [1.807, 2.05) is 0 Å². The van der Waals surface area contributed by atoms with Gasteiger partial charge in [0.15, 0.2) is 5.52 Å². The zero-order valence-corrected chi connectivity index (χ0v) is 15.2. The number of aromatic carboxylic acids is 1. The Morgan fingerprint density at radius 2 is 1.96 bits per heavy atom. The summed E-state index contributed by atoms with van der Waals surface area (Å²) in [6, 6.07) is 10.1. The van der Waals surface area contributed by atoms with Gasteiger partial charge < -0.3 is 20.3 Å². The molecule has 1 aromatic carbocycles. The number of nitrogens with two attached hydrogens (primary N) is 1. The van der Waals surface area contributed by atoms with Crippen molar-refractivity contribution < 1.29 is 19.4 Å². The molecule has 3 N–H and O–H groups in total. The lowest BCUT2D eigenvalue weighted by Gasteiger charge is -2.22. The molecule has 0 spiro atoms. The van der Waals surface area contributed by atoms with Crippen molar-refractivity contribution in [1.82, 2.24) is 15.0 Å². The maximum Gasteiger partial charge on any atom is 0.335 e. The van der Waals surface area contributed by atoms with E-state index in [-0.39, 0.29) is 17.6 Å². The first-order valence-electron chi connectivity index (χ1n) is 9.12. The van der Waals surface area contributed by atoms with E-state index in [9.17, 15) is 4.79 Å². The fourth-order valence-electron chi connectivity index (χ4n) is 3.16. The number of carboxylic acid groups (broad SMARTS) is 1. The molecule has 28 heavy (non-hydrogen) atoms. The molecular weight excluding hydrogens is 360 g/mol. The third kappa shape index (κ3) is 3.86. The topological polar surface area (TPSA) is 120 Å². The Morgan fingerprint density at radius 3 is 2.68 bits per heavy atom. The monoisotopic (exact) mass is 380 g/mol. The number of ether oxygens (including phenoxy) is 2. The first-order chi connectivity index (χ1) is 13.6. The molecule has 0 aliphatic carbocycles. The molecule has 1 aliphatic heterocycles. The Labute approximate surface area is 161 Å². The Hall–Kier alpha value is -3.26. The van der Waals surface area contributed by atoms with E-state index < -0.39 is 5.97 Å². The summed E-state index contributed by atoms with van der Waals surface area (Å²) < 4.78 is 11.6. The van der Waals surface area contributed by atoms with Gasteiger partial charge in [0.25, 0.3) is 0 Å². The van der Waals surface area contributed by atoms with Crippen LogP contribution < -0.4 is 10.5 Å². The van der Waals surface area contributed by atoms with Gasteiger partial charge in [0.1, 0.15) is 6.61 Å². The number of hydrogen-bond acceptors (Lipinski definition) is 7. The quantitative estimate of drug-likeness (QED) is 0.693. The lowest BCUT2D eigenvalue weighted by molar-refractivity contribution is -0.0116. The van der Waals surface area contributed by atoms with Crippen LogP contribution in [0.15, 0.2) is 36.4 Å². The van der Waals surface area contributed by atoms with Crippen LogP contribution in [0.3, 0.4) is 0 Å². The normalized spacial score (nSPS) is 16.8. The highest BCUT2D eigenvalue weighted by Gasteiger charge is 2.17. The minimum atomic E-state index is -0.970. The number of anilines is 1. The molecule has 3 aromatic rings. The molecule has 0 radical (unpaired) electrons. The Bertz CT molecular complexity index is 1000. The number of nitrogens with zero attached hydrogens (tertiary/aromatic N) is 3. The number of rotatable bonds is 5. The van der Waals surface area contributed by atoms with Gasteiger partial charge in [-0.05, 0) is 43.5 Å². The van der Waals surface area contributed by atoms with Gasteiger partial charge in [0.2, 0.25) is 11.8 Å². The van der Waals surface area contributed by atoms with Gasteiger partial charge in [0.05, 0.1) is 22.9 Å². The minimum absolute atomic E-state index is 0.0340. The summed E-state index contributed by atoms with van der Waals surface area (Å²) in [7, 11) is 0. The van der Waals surface area contributed by atoms with Crippen molar-refractivity contribution in [3.8, 4) is 17.1 Å². The van der Waals surface area contributed by atoms with E-state index in [0.29, 0.717) is 29.2 Å². The molecule has 1 saturated heterocycles. The van der Waals surface area contributed by atoms with Crippen LogP contribution in [0.25, 0.3) is 22.3 Å². The molecule has 1 aliphatic rings. The van der Waals surface area contributed by atoms with Crippen LogP contribution in [-0.4, -0.2) is 45.3 Å². The molecule has 0 amide bonds. The van der Waals surface area contributed by atoms with E-state index in [2.05, 4.69) is 15.0 Å². The van der Waals surface area contributed by atoms with Gasteiger partial charge in [-0.25, -0.2) is 14.8 Å². The summed E-state index contributed by atoms with van der Waals surface area (Å²) in [5, 5.41) is 9.05. The largest absolute Gasteiger partial charge is 0.478 e. The molecular formula is C20H20N4O4. The van der Waals surface area contributed by atoms with Gasteiger partial charge in [0, 0.05) is 12.2 Å². The second-order valence-electron chi connectivity index (χ2n) is 6.63. The average Bonchev–Trinajstić information content (AvgIpc) is 2.72. The Kier molecular flexibility index (Phi) is 5.03. The summed E-state index contributed by atoms with van der Waals surface area (Å²) >= 11 is 0. The number of nitrogen functional groups attached to an aromatic ring is 1. The van der Waals surface area contributed by atoms with Crippen molar-refractivity contribution in [2.45, 2.75) is 25.4 Å². The smallest absolute Gasteiger partial charge is 0.335 e. The SMILES string of the molecule is Nc1nc(OCC2CCCCO2)c2nc(-c3ccc(C(=O)O)cc3)ccc2n1. The van der Waals surface area contributed by atoms with E-state index in [1.54, 1.807) is 36.4 Å². The van der Waals surface area contributed by atoms with E-state index in [4.69, 9.17) is 20.3 Å². The van der Waals surface area contributed by atoms with Crippen LogP contribution >= 0.6 is 0 Å². The van der Waals surface area contributed by atoms with Gasteiger partial charge in [-0.2, -0.15) is 4.98 Å². The van der Waals surface area contributed by atoms with E-state index >= 15 is 0 Å². The van der Waals surface area contributed by atoms with E-state index in [1.165, 1.54) is 0 Å². The average molecular weight is 380 g/mol. The van der Waals surface area contributed by atoms with Crippen molar-refractivity contribution in [1.29, 1.82) is 0 Å². The second kappa shape index (κ2) is 7.77. The highest BCUT2D eigenvalue weighted by molar-refractivity contribution is 5.88. The lowest BCUT2D eigenvalue weighted by atomic mass is 10.1. The van der Waals surface area contributed by atoms with Crippen molar-refractivity contribution in [3.63, 3.8) is 0 Å². The second-order valence-corrected chi connectivity index (χ2v) is 6.63. The van der Waals surface area contributed by atoms with Crippen LogP contribution in [0.5, 0.6) is 5.88 Å². The molecule has 144 valence electrons. The fourth-order valence-corrected chi connectivity index (χ4v) is 3.16. The Balaban J connectivity index is 1.65.